The second-order valence-corrected chi connectivity index (χ2v) is 19.1. The zero-order valence-electron chi connectivity index (χ0n) is 42.6. The van der Waals surface area contributed by atoms with E-state index in [0.717, 1.165) is 141 Å². The zero-order valence-corrected chi connectivity index (χ0v) is 42.6. The Hall–Kier alpha value is -2.69. The Bertz CT molecular complexity index is 1100. The van der Waals surface area contributed by atoms with Crippen LogP contribution in [0.25, 0.3) is 0 Å². The van der Waals surface area contributed by atoms with Crippen LogP contribution < -0.4 is 0 Å². The molecule has 0 amide bonds. The minimum Gasteiger partial charge on any atom is -0.466 e. The van der Waals surface area contributed by atoms with E-state index in [4.69, 9.17) is 23.7 Å². The van der Waals surface area contributed by atoms with Crippen LogP contribution >= 0.6 is 0 Å². The van der Waals surface area contributed by atoms with Gasteiger partial charge >= 0.3 is 29.8 Å². The van der Waals surface area contributed by atoms with Crippen molar-refractivity contribution in [2.24, 2.45) is 17.3 Å². The van der Waals surface area contributed by atoms with Crippen molar-refractivity contribution in [2.45, 2.75) is 240 Å². The van der Waals surface area contributed by atoms with Crippen LogP contribution in [0.2, 0.25) is 0 Å². The number of rotatable bonds is 46. The van der Waals surface area contributed by atoms with Crippen LogP contribution in [0.5, 0.6) is 0 Å². The molecule has 0 aromatic heterocycles. The van der Waals surface area contributed by atoms with Crippen molar-refractivity contribution in [1.29, 1.82) is 0 Å². The van der Waals surface area contributed by atoms with Crippen LogP contribution in [0.15, 0.2) is 0 Å². The summed E-state index contributed by atoms with van der Waals surface area (Å²) < 4.78 is 29.1. The smallest absolute Gasteiger partial charge is 0.306 e. The maximum absolute atomic E-state index is 13.6. The highest BCUT2D eigenvalue weighted by molar-refractivity contribution is 5.71. The highest BCUT2D eigenvalue weighted by Gasteiger charge is 2.38. The standard InChI is InChI=1S/C53H99NO10/c1-8-13-18-22-29-39-60-48(55)35-27-20-19-21-28-36-49(56)61-42-53(43-62-50(57)37-30-38-54(6)7,44-63-51(58)40-46(31-23-14-9-2)32-24-15-10-3)45-64-52(59)41-47(33-25-16-11-4)34-26-17-12-5/h46-47H,8-45H2,1-7H3. The van der Waals surface area contributed by atoms with Crippen LogP contribution in [0, 0.1) is 17.3 Å². The molecule has 0 rings (SSSR count). The minimum atomic E-state index is -1.28. The molecule has 11 heteroatoms. The van der Waals surface area contributed by atoms with Gasteiger partial charge in [-0.3, -0.25) is 24.0 Å². The molecule has 0 unspecified atom stereocenters. The molecule has 0 aromatic carbocycles. The summed E-state index contributed by atoms with van der Waals surface area (Å²) in [7, 11) is 3.89. The molecule has 0 bridgehead atoms. The zero-order chi connectivity index (χ0) is 47.5. The molecule has 0 aliphatic rings. The lowest BCUT2D eigenvalue weighted by Crippen LogP contribution is -2.44. The van der Waals surface area contributed by atoms with E-state index in [9.17, 15) is 24.0 Å². The predicted octanol–water partition coefficient (Wildman–Crippen LogP) is 13.1. The summed E-state index contributed by atoms with van der Waals surface area (Å²) in [6.07, 6.45) is 28.5. The van der Waals surface area contributed by atoms with Gasteiger partial charge < -0.3 is 28.6 Å². The van der Waals surface area contributed by atoms with Gasteiger partial charge in [0.1, 0.15) is 31.8 Å². The first-order chi connectivity index (χ1) is 30.9. The molecule has 0 heterocycles. The van der Waals surface area contributed by atoms with Crippen molar-refractivity contribution in [3.8, 4) is 0 Å². The quantitative estimate of drug-likeness (QED) is 0.0328. The largest absolute Gasteiger partial charge is 0.466 e. The van der Waals surface area contributed by atoms with Crippen molar-refractivity contribution < 1.29 is 47.7 Å². The van der Waals surface area contributed by atoms with E-state index in [2.05, 4.69) is 34.6 Å². The Morgan fingerprint density at radius 3 is 1.08 bits per heavy atom. The number of hydrogen-bond acceptors (Lipinski definition) is 11. The van der Waals surface area contributed by atoms with Crippen molar-refractivity contribution >= 4 is 29.8 Å². The Balaban J connectivity index is 5.90. The molecule has 0 atom stereocenters. The molecule has 0 aliphatic carbocycles. The predicted molar refractivity (Wildman–Crippen MR) is 259 cm³/mol. The molecule has 0 aliphatic heterocycles. The van der Waals surface area contributed by atoms with E-state index in [1.807, 2.05) is 19.0 Å². The number of esters is 5. The summed E-state index contributed by atoms with van der Waals surface area (Å²) in [5.41, 5.74) is -1.28. The van der Waals surface area contributed by atoms with E-state index in [1.54, 1.807) is 0 Å². The first-order valence-electron chi connectivity index (χ1n) is 26.4. The van der Waals surface area contributed by atoms with Gasteiger partial charge in [0.15, 0.2) is 0 Å². The van der Waals surface area contributed by atoms with Crippen molar-refractivity contribution in [1.82, 2.24) is 4.90 Å². The topological polar surface area (TPSA) is 135 Å². The average molecular weight is 910 g/mol. The summed E-state index contributed by atoms with van der Waals surface area (Å²) in [6.45, 7) is 11.2. The molecular formula is C53H99NO10. The number of unbranched alkanes of at least 4 members (excludes halogenated alkanes) is 16. The fraction of sp³-hybridized carbons (Fsp3) is 0.906. The van der Waals surface area contributed by atoms with E-state index in [0.29, 0.717) is 32.4 Å². The summed E-state index contributed by atoms with van der Waals surface area (Å²) in [5, 5.41) is 0. The summed E-state index contributed by atoms with van der Waals surface area (Å²) in [6, 6.07) is 0. The Labute approximate surface area is 392 Å². The number of hydrogen-bond donors (Lipinski definition) is 0. The van der Waals surface area contributed by atoms with E-state index < -0.39 is 17.4 Å². The second-order valence-electron chi connectivity index (χ2n) is 19.1. The van der Waals surface area contributed by atoms with Crippen LogP contribution in [0.1, 0.15) is 240 Å². The number of carbonyl (C=O) groups excluding carboxylic acids is 5. The van der Waals surface area contributed by atoms with Gasteiger partial charge in [-0.05, 0) is 83.8 Å². The first-order valence-corrected chi connectivity index (χ1v) is 26.4. The van der Waals surface area contributed by atoms with E-state index in [-0.39, 0.29) is 81.9 Å². The number of carbonyl (C=O) groups is 5. The van der Waals surface area contributed by atoms with Crippen molar-refractivity contribution in [3.63, 3.8) is 0 Å². The molecule has 376 valence electrons. The van der Waals surface area contributed by atoms with E-state index >= 15 is 0 Å². The third kappa shape index (κ3) is 37.5. The Morgan fingerprint density at radius 1 is 0.375 bits per heavy atom. The first kappa shape index (κ1) is 61.3. The summed E-state index contributed by atoms with van der Waals surface area (Å²) >= 11 is 0. The Morgan fingerprint density at radius 2 is 0.688 bits per heavy atom. The third-order valence-electron chi connectivity index (χ3n) is 12.2. The maximum atomic E-state index is 13.6. The third-order valence-corrected chi connectivity index (χ3v) is 12.2. The molecule has 0 aromatic rings. The molecule has 0 fully saturated rings. The molecule has 11 nitrogen and oxygen atoms in total. The molecule has 0 spiro atoms. The highest BCUT2D eigenvalue weighted by Crippen LogP contribution is 2.27. The fourth-order valence-corrected chi connectivity index (χ4v) is 7.92. The van der Waals surface area contributed by atoms with Gasteiger partial charge in [-0.15, -0.1) is 0 Å². The summed E-state index contributed by atoms with van der Waals surface area (Å²) in [5.74, 6) is -1.25. The average Bonchev–Trinajstić information content (AvgIpc) is 3.26. The monoisotopic (exact) mass is 910 g/mol. The van der Waals surface area contributed by atoms with Gasteiger partial charge in [-0.2, -0.15) is 0 Å². The minimum absolute atomic E-state index is 0.143. The van der Waals surface area contributed by atoms with Gasteiger partial charge in [0.2, 0.25) is 0 Å². The second kappa shape index (κ2) is 42.9. The number of nitrogens with zero attached hydrogens (tertiary/aromatic N) is 1. The number of ether oxygens (including phenoxy) is 5. The fourth-order valence-electron chi connectivity index (χ4n) is 7.92. The molecule has 0 N–H and O–H groups in total. The normalized spacial score (nSPS) is 11.7. The van der Waals surface area contributed by atoms with Gasteiger partial charge in [0.05, 0.1) is 6.61 Å². The van der Waals surface area contributed by atoms with Crippen LogP contribution in [0.3, 0.4) is 0 Å². The molecule has 0 saturated carbocycles. The Kier molecular flexibility index (Phi) is 41.1. The van der Waals surface area contributed by atoms with Crippen molar-refractivity contribution in [3.05, 3.63) is 0 Å². The lowest BCUT2D eigenvalue weighted by molar-refractivity contribution is -0.171. The van der Waals surface area contributed by atoms with Gasteiger partial charge in [-0.25, -0.2) is 0 Å². The SMILES string of the molecule is CCCCCCCOC(=O)CCCCCCCC(=O)OCC(COC(=O)CCCN(C)C)(COC(=O)CC(CCCCC)CCCCC)COC(=O)CC(CCCCC)CCCCC. The lowest BCUT2D eigenvalue weighted by Gasteiger charge is -2.32. The van der Waals surface area contributed by atoms with Crippen molar-refractivity contribution in [2.75, 3.05) is 53.7 Å². The lowest BCUT2D eigenvalue weighted by atomic mass is 9.90. The highest BCUT2D eigenvalue weighted by atomic mass is 16.6. The summed E-state index contributed by atoms with van der Waals surface area (Å²) in [4.78, 5) is 67.6. The molecular weight excluding hydrogens is 811 g/mol. The van der Waals surface area contributed by atoms with Crippen LogP contribution in [-0.2, 0) is 47.7 Å². The molecule has 0 saturated heterocycles. The van der Waals surface area contributed by atoms with Gasteiger partial charge in [0.25, 0.3) is 0 Å². The van der Waals surface area contributed by atoms with Gasteiger partial charge in [0, 0.05) is 32.1 Å². The van der Waals surface area contributed by atoms with Gasteiger partial charge in [-0.1, -0.05) is 157 Å². The van der Waals surface area contributed by atoms with Crippen LogP contribution in [0.4, 0.5) is 0 Å². The maximum Gasteiger partial charge on any atom is 0.306 e. The molecule has 64 heavy (non-hydrogen) atoms. The molecule has 0 radical (unpaired) electrons. The van der Waals surface area contributed by atoms with E-state index in [1.165, 1.54) is 19.3 Å². The van der Waals surface area contributed by atoms with Crippen LogP contribution in [-0.4, -0.2) is 88.4 Å².